The summed E-state index contributed by atoms with van der Waals surface area (Å²) in [7, 11) is 0. The average Bonchev–Trinajstić information content (AvgIpc) is 2.33. The van der Waals surface area contributed by atoms with Crippen LogP contribution in [-0.2, 0) is 9.59 Å². The molecule has 0 aliphatic carbocycles. The first-order valence-electron chi connectivity index (χ1n) is 5.65. The van der Waals surface area contributed by atoms with E-state index < -0.39 is 0 Å². The van der Waals surface area contributed by atoms with Gasteiger partial charge in [-0.3, -0.25) is 9.59 Å². The normalized spacial score (nSPS) is 19.6. The van der Waals surface area contributed by atoms with E-state index in [1.165, 1.54) is 0 Å². The van der Waals surface area contributed by atoms with Gasteiger partial charge in [0, 0.05) is 19.2 Å². The molecule has 0 spiro atoms. The van der Waals surface area contributed by atoms with Gasteiger partial charge in [0.2, 0.25) is 11.8 Å². The van der Waals surface area contributed by atoms with Crippen molar-refractivity contribution >= 4 is 17.6 Å². The summed E-state index contributed by atoms with van der Waals surface area (Å²) >= 11 is 0. The Bertz CT molecular complexity index is 418. The zero-order valence-corrected chi connectivity index (χ0v) is 9.69. The molecule has 1 aliphatic rings. The molecule has 2 heterocycles. The first kappa shape index (κ1) is 11.6. The molecule has 17 heavy (non-hydrogen) atoms. The minimum absolute atomic E-state index is 0.0162. The number of aromatic nitrogens is 1. The second kappa shape index (κ2) is 4.95. The summed E-state index contributed by atoms with van der Waals surface area (Å²) in [5.74, 6) is 0.331. The summed E-state index contributed by atoms with van der Waals surface area (Å²) in [6.07, 6.45) is 2.72. The van der Waals surface area contributed by atoms with Crippen molar-refractivity contribution in [1.82, 2.24) is 10.3 Å². The fraction of sp³-hybridized carbons (Fsp3) is 0.417. The van der Waals surface area contributed by atoms with Crippen LogP contribution in [0.25, 0.3) is 0 Å². The highest BCUT2D eigenvalue weighted by atomic mass is 16.2. The predicted octanol–water partition coefficient (Wildman–Crippen LogP) is 0.855. The Morgan fingerprint density at radius 1 is 1.53 bits per heavy atom. The van der Waals surface area contributed by atoms with Crippen LogP contribution in [0.1, 0.15) is 18.4 Å². The van der Waals surface area contributed by atoms with Crippen molar-refractivity contribution < 1.29 is 9.59 Å². The summed E-state index contributed by atoms with van der Waals surface area (Å²) in [5, 5.41) is 5.44. The average molecular weight is 233 g/mol. The molecule has 1 atom stereocenters. The van der Waals surface area contributed by atoms with Gasteiger partial charge >= 0.3 is 0 Å². The largest absolute Gasteiger partial charge is 0.355 e. The summed E-state index contributed by atoms with van der Waals surface area (Å²) in [4.78, 5) is 26.9. The molecule has 1 fully saturated rings. The van der Waals surface area contributed by atoms with Gasteiger partial charge in [-0.05, 0) is 25.0 Å². The third-order valence-corrected chi connectivity index (χ3v) is 2.80. The van der Waals surface area contributed by atoms with Gasteiger partial charge in [-0.25, -0.2) is 4.98 Å². The van der Waals surface area contributed by atoms with Crippen molar-refractivity contribution in [1.29, 1.82) is 0 Å². The van der Waals surface area contributed by atoms with Crippen LogP contribution in [0.4, 0.5) is 5.82 Å². The number of rotatable bonds is 2. The van der Waals surface area contributed by atoms with Crippen molar-refractivity contribution in [2.45, 2.75) is 19.8 Å². The van der Waals surface area contributed by atoms with Crippen LogP contribution in [0.5, 0.6) is 0 Å². The molecular formula is C12H15N3O2. The van der Waals surface area contributed by atoms with Crippen LogP contribution in [-0.4, -0.2) is 23.3 Å². The van der Waals surface area contributed by atoms with Crippen molar-refractivity contribution in [3.05, 3.63) is 23.9 Å². The number of nitrogens with zero attached hydrogens (tertiary/aromatic N) is 1. The van der Waals surface area contributed by atoms with E-state index >= 15 is 0 Å². The zero-order chi connectivity index (χ0) is 12.3. The molecule has 2 N–H and O–H groups in total. The minimum atomic E-state index is -0.157. The molecule has 1 aromatic rings. The molecule has 0 saturated carbocycles. The molecule has 5 nitrogen and oxygen atoms in total. The van der Waals surface area contributed by atoms with Gasteiger partial charge in [0.15, 0.2) is 0 Å². The molecule has 0 aromatic carbocycles. The highest BCUT2D eigenvalue weighted by Gasteiger charge is 2.24. The highest BCUT2D eigenvalue weighted by Crippen LogP contribution is 2.13. The maximum atomic E-state index is 11.9. The van der Waals surface area contributed by atoms with Gasteiger partial charge in [0.1, 0.15) is 5.82 Å². The van der Waals surface area contributed by atoms with E-state index in [1.807, 2.05) is 13.0 Å². The number of amides is 2. The lowest BCUT2D eigenvalue weighted by atomic mass is 9.98. The Hall–Kier alpha value is -1.91. The second-order valence-electron chi connectivity index (χ2n) is 4.25. The van der Waals surface area contributed by atoms with Gasteiger partial charge in [-0.1, -0.05) is 6.07 Å². The molecule has 0 bridgehead atoms. The summed E-state index contributed by atoms with van der Waals surface area (Å²) in [6, 6.07) is 3.67. The Labute approximate surface area is 99.6 Å². The van der Waals surface area contributed by atoms with Gasteiger partial charge < -0.3 is 10.6 Å². The molecular weight excluding hydrogens is 218 g/mol. The van der Waals surface area contributed by atoms with Crippen LogP contribution in [0, 0.1) is 12.8 Å². The molecule has 5 heteroatoms. The number of carbonyl (C=O) groups is 2. The fourth-order valence-corrected chi connectivity index (χ4v) is 1.73. The Kier molecular flexibility index (Phi) is 3.37. The van der Waals surface area contributed by atoms with E-state index in [2.05, 4.69) is 15.6 Å². The molecule has 1 saturated heterocycles. The van der Waals surface area contributed by atoms with Crippen LogP contribution in [0.3, 0.4) is 0 Å². The first-order chi connectivity index (χ1) is 8.15. The number of hydrogen-bond donors (Lipinski definition) is 2. The van der Waals surface area contributed by atoms with Gasteiger partial charge in [0.05, 0.1) is 5.92 Å². The monoisotopic (exact) mass is 233 g/mol. The fourth-order valence-electron chi connectivity index (χ4n) is 1.73. The van der Waals surface area contributed by atoms with Crippen LogP contribution in [0.2, 0.25) is 0 Å². The number of aryl methyl sites for hydroxylation is 1. The zero-order valence-electron chi connectivity index (χ0n) is 9.69. The number of carbonyl (C=O) groups excluding carboxylic acids is 2. The molecule has 90 valence electrons. The van der Waals surface area contributed by atoms with E-state index in [4.69, 9.17) is 0 Å². The standard InChI is InChI=1S/C12H15N3O2/c1-8-2-4-10(13-6-8)15-12(17)9-3-5-11(16)14-7-9/h2,4,6,9H,3,5,7H2,1H3,(H,14,16)(H,13,15,17)/t9-/m0/s1. The maximum Gasteiger partial charge on any atom is 0.230 e. The van der Waals surface area contributed by atoms with Gasteiger partial charge in [-0.15, -0.1) is 0 Å². The van der Waals surface area contributed by atoms with E-state index in [-0.39, 0.29) is 17.7 Å². The number of piperidine rings is 1. The van der Waals surface area contributed by atoms with Gasteiger partial charge in [-0.2, -0.15) is 0 Å². The van der Waals surface area contributed by atoms with Crippen LogP contribution in [0.15, 0.2) is 18.3 Å². The quantitative estimate of drug-likeness (QED) is 0.795. The van der Waals surface area contributed by atoms with Crippen molar-refractivity contribution in [2.75, 3.05) is 11.9 Å². The third-order valence-electron chi connectivity index (χ3n) is 2.80. The van der Waals surface area contributed by atoms with E-state index in [0.717, 1.165) is 5.56 Å². The second-order valence-corrected chi connectivity index (χ2v) is 4.25. The Morgan fingerprint density at radius 3 is 2.94 bits per heavy atom. The summed E-state index contributed by atoms with van der Waals surface area (Å²) < 4.78 is 0. The predicted molar refractivity (Wildman–Crippen MR) is 63.3 cm³/mol. The lowest BCUT2D eigenvalue weighted by molar-refractivity contribution is -0.126. The lowest BCUT2D eigenvalue weighted by Gasteiger charge is -2.21. The highest BCUT2D eigenvalue weighted by molar-refractivity contribution is 5.93. The molecule has 0 radical (unpaired) electrons. The van der Waals surface area contributed by atoms with Crippen molar-refractivity contribution in [3.8, 4) is 0 Å². The SMILES string of the molecule is Cc1ccc(NC(=O)[C@H]2CCC(=O)NC2)nc1. The summed E-state index contributed by atoms with van der Waals surface area (Å²) in [6.45, 7) is 2.35. The first-order valence-corrected chi connectivity index (χ1v) is 5.65. The van der Waals surface area contributed by atoms with E-state index in [1.54, 1.807) is 12.3 Å². The lowest BCUT2D eigenvalue weighted by Crippen LogP contribution is -2.40. The van der Waals surface area contributed by atoms with Crippen molar-refractivity contribution in [2.24, 2.45) is 5.92 Å². The molecule has 2 amide bonds. The van der Waals surface area contributed by atoms with E-state index in [0.29, 0.717) is 25.2 Å². The Morgan fingerprint density at radius 2 is 2.35 bits per heavy atom. The number of nitrogens with one attached hydrogen (secondary N) is 2. The van der Waals surface area contributed by atoms with Crippen molar-refractivity contribution in [3.63, 3.8) is 0 Å². The van der Waals surface area contributed by atoms with Crippen LogP contribution < -0.4 is 10.6 Å². The number of anilines is 1. The van der Waals surface area contributed by atoms with Crippen LogP contribution >= 0.6 is 0 Å². The molecule has 2 rings (SSSR count). The van der Waals surface area contributed by atoms with E-state index in [9.17, 15) is 9.59 Å². The minimum Gasteiger partial charge on any atom is -0.355 e. The summed E-state index contributed by atoms with van der Waals surface area (Å²) in [5.41, 5.74) is 1.05. The number of hydrogen-bond acceptors (Lipinski definition) is 3. The molecule has 0 unspecified atom stereocenters. The molecule has 1 aromatic heterocycles. The topological polar surface area (TPSA) is 71.1 Å². The maximum absolute atomic E-state index is 11.9. The number of pyridine rings is 1. The van der Waals surface area contributed by atoms with Gasteiger partial charge in [0.25, 0.3) is 0 Å². The molecule has 1 aliphatic heterocycles. The third kappa shape index (κ3) is 3.03. The smallest absolute Gasteiger partial charge is 0.230 e. The Balaban J connectivity index is 1.92.